The Balaban J connectivity index is 1.23. The van der Waals surface area contributed by atoms with E-state index >= 15 is 0 Å². The van der Waals surface area contributed by atoms with Crippen LogP contribution in [-0.2, 0) is 27.4 Å². The van der Waals surface area contributed by atoms with E-state index in [1.54, 1.807) is 5.57 Å². The van der Waals surface area contributed by atoms with Gasteiger partial charge in [-0.25, -0.2) is 4.79 Å². The molecule has 43 heavy (non-hydrogen) atoms. The molecule has 5 nitrogen and oxygen atoms in total. The molecule has 0 radical (unpaired) electrons. The van der Waals surface area contributed by atoms with Crippen molar-refractivity contribution >= 4 is 5.97 Å². The molecule has 238 valence electrons. The standard InChI is InChI=1S/C38H58NO4/c1-34(2)17-13-26-14-19-37(6)27(32(26)33(34)42-8)11-12-29-36(5)18-16-30(35(3,4)28(36)15-20-38(29,37)7)43-31(41)23-39-21-9-10-25(22-39)24-40/h9-10,13,21-22,27-30,32-33,40H,11-12,14-20,23-24H2,1-8H3/q+1/t27?,28?,29?,30?,32?,33?,36?,37-,38?/m1/s1. The van der Waals surface area contributed by atoms with E-state index in [0.717, 1.165) is 24.8 Å². The lowest BCUT2D eigenvalue weighted by Gasteiger charge is -2.72. The van der Waals surface area contributed by atoms with Gasteiger partial charge >= 0.3 is 5.97 Å². The van der Waals surface area contributed by atoms with Crippen LogP contribution in [0.1, 0.15) is 112 Å². The predicted octanol–water partition coefficient (Wildman–Crippen LogP) is 7.43. The fourth-order valence-corrected chi connectivity index (χ4v) is 12.3. The molecule has 1 heterocycles. The molecule has 9 atom stereocenters. The van der Waals surface area contributed by atoms with E-state index in [0.29, 0.717) is 40.6 Å². The highest BCUT2D eigenvalue weighted by atomic mass is 16.5. The number of aliphatic hydroxyl groups excluding tert-OH is 1. The second-order valence-electron chi connectivity index (χ2n) is 17.2. The molecule has 1 aromatic heterocycles. The number of fused-ring (bicyclic) bond motifs is 7. The number of methoxy groups -OCH3 is 1. The summed E-state index contributed by atoms with van der Waals surface area (Å²) in [6.45, 7) is 17.7. The summed E-state index contributed by atoms with van der Waals surface area (Å²) >= 11 is 0. The lowest BCUT2D eigenvalue weighted by molar-refractivity contribution is -0.686. The number of nitrogens with zero attached hydrogens (tertiary/aromatic N) is 1. The van der Waals surface area contributed by atoms with E-state index in [9.17, 15) is 9.90 Å². The summed E-state index contributed by atoms with van der Waals surface area (Å²) in [5.41, 5.74) is 3.47. The largest absolute Gasteiger partial charge is 0.457 e. The van der Waals surface area contributed by atoms with Gasteiger partial charge in [-0.15, -0.1) is 0 Å². The number of esters is 1. The molecule has 6 rings (SSSR count). The molecular formula is C38H58NO4+. The van der Waals surface area contributed by atoms with Crippen molar-refractivity contribution in [2.75, 3.05) is 7.11 Å². The molecule has 0 bridgehead atoms. The Bertz CT molecular complexity index is 1270. The molecule has 4 fully saturated rings. The van der Waals surface area contributed by atoms with E-state index in [2.05, 4.69) is 54.5 Å². The van der Waals surface area contributed by atoms with Crippen LogP contribution in [0.4, 0.5) is 0 Å². The van der Waals surface area contributed by atoms with Gasteiger partial charge in [-0.3, -0.25) is 0 Å². The Labute approximate surface area is 260 Å². The van der Waals surface area contributed by atoms with Gasteiger partial charge in [-0.05, 0) is 103 Å². The highest BCUT2D eigenvalue weighted by Crippen LogP contribution is 2.75. The van der Waals surface area contributed by atoms with E-state index in [4.69, 9.17) is 9.47 Å². The Kier molecular flexibility index (Phi) is 7.77. The molecule has 5 heteroatoms. The van der Waals surface area contributed by atoms with Crippen LogP contribution in [0.15, 0.2) is 36.2 Å². The first-order chi connectivity index (χ1) is 20.2. The normalized spacial score (nSPS) is 42.9. The minimum absolute atomic E-state index is 0.0326. The third-order valence-electron chi connectivity index (χ3n) is 14.6. The molecule has 5 aliphatic carbocycles. The topological polar surface area (TPSA) is 59.6 Å². The number of carbonyl (C=O) groups is 1. The maximum absolute atomic E-state index is 13.2. The maximum atomic E-state index is 13.2. The van der Waals surface area contributed by atoms with Gasteiger partial charge in [-0.1, -0.05) is 60.1 Å². The number of hydrogen-bond donors (Lipinski definition) is 1. The first-order valence-corrected chi connectivity index (χ1v) is 17.2. The van der Waals surface area contributed by atoms with Gasteiger partial charge in [0.1, 0.15) is 6.10 Å². The first kappa shape index (κ1) is 31.3. The second-order valence-corrected chi connectivity index (χ2v) is 17.2. The van der Waals surface area contributed by atoms with E-state index < -0.39 is 0 Å². The Morgan fingerprint density at radius 3 is 2.47 bits per heavy atom. The van der Waals surface area contributed by atoms with Gasteiger partial charge in [0.15, 0.2) is 12.4 Å². The van der Waals surface area contributed by atoms with Gasteiger partial charge in [0, 0.05) is 30.1 Å². The Morgan fingerprint density at radius 2 is 1.74 bits per heavy atom. The molecular weight excluding hydrogens is 534 g/mol. The second kappa shape index (κ2) is 10.7. The zero-order valence-electron chi connectivity index (χ0n) is 28.2. The molecule has 0 spiro atoms. The van der Waals surface area contributed by atoms with Crippen LogP contribution in [0.5, 0.6) is 0 Å². The SMILES string of the molecule is COC1C2C(=CCC1(C)C)CC[C@]1(C)C2CCC2C3(C)CCC(OC(=O)C[n+]4cccc(CO)c4)C(C)(C)C3CCC21C. The van der Waals surface area contributed by atoms with E-state index in [1.807, 2.05) is 36.2 Å². The number of pyridine rings is 1. The smallest absolute Gasteiger partial charge is 0.372 e. The molecule has 8 unspecified atom stereocenters. The summed E-state index contributed by atoms with van der Waals surface area (Å²) in [5.74, 6) is 2.29. The summed E-state index contributed by atoms with van der Waals surface area (Å²) in [5, 5.41) is 9.50. The third kappa shape index (κ3) is 4.68. The first-order valence-electron chi connectivity index (χ1n) is 17.2. The quantitative estimate of drug-likeness (QED) is 0.219. The summed E-state index contributed by atoms with van der Waals surface area (Å²) in [4.78, 5) is 13.2. The number of aliphatic hydroxyl groups is 1. The Hall–Kier alpha value is -1.72. The molecule has 5 aliphatic rings. The highest BCUT2D eigenvalue weighted by molar-refractivity contribution is 5.68. The lowest BCUT2D eigenvalue weighted by Crippen LogP contribution is -2.66. The van der Waals surface area contributed by atoms with Crippen molar-refractivity contribution in [3.05, 3.63) is 41.7 Å². The molecule has 0 aromatic carbocycles. The van der Waals surface area contributed by atoms with Crippen LogP contribution in [0.2, 0.25) is 0 Å². The maximum Gasteiger partial charge on any atom is 0.372 e. The summed E-state index contributed by atoms with van der Waals surface area (Å²) in [6, 6.07) is 3.74. The van der Waals surface area contributed by atoms with Crippen molar-refractivity contribution in [2.24, 2.45) is 50.7 Å². The minimum Gasteiger partial charge on any atom is -0.457 e. The number of rotatable bonds is 5. The van der Waals surface area contributed by atoms with Crippen LogP contribution in [-0.4, -0.2) is 30.4 Å². The van der Waals surface area contributed by atoms with Crippen LogP contribution >= 0.6 is 0 Å². The van der Waals surface area contributed by atoms with Crippen molar-refractivity contribution in [3.63, 3.8) is 0 Å². The van der Waals surface area contributed by atoms with Crippen LogP contribution < -0.4 is 4.57 Å². The number of carbonyl (C=O) groups excluding carboxylic acids is 1. The van der Waals surface area contributed by atoms with Gasteiger partial charge in [-0.2, -0.15) is 4.57 Å². The van der Waals surface area contributed by atoms with Crippen LogP contribution in [0.25, 0.3) is 0 Å². The average molecular weight is 593 g/mol. The number of hydrogen-bond acceptors (Lipinski definition) is 4. The molecule has 0 saturated heterocycles. The van der Waals surface area contributed by atoms with Crippen LogP contribution in [0.3, 0.4) is 0 Å². The molecule has 1 N–H and O–H groups in total. The van der Waals surface area contributed by atoms with E-state index in [1.165, 1.54) is 38.5 Å². The summed E-state index contributed by atoms with van der Waals surface area (Å²) in [6.07, 6.45) is 17.4. The zero-order valence-corrected chi connectivity index (χ0v) is 28.2. The number of ether oxygens (including phenoxy) is 2. The summed E-state index contributed by atoms with van der Waals surface area (Å²) in [7, 11) is 1.96. The van der Waals surface area contributed by atoms with E-state index in [-0.39, 0.29) is 41.5 Å². The van der Waals surface area contributed by atoms with Crippen molar-refractivity contribution in [3.8, 4) is 0 Å². The average Bonchev–Trinajstić information content (AvgIpc) is 2.94. The Morgan fingerprint density at radius 1 is 0.977 bits per heavy atom. The van der Waals surface area contributed by atoms with Gasteiger partial charge in [0.2, 0.25) is 6.54 Å². The van der Waals surface area contributed by atoms with Gasteiger partial charge in [0.05, 0.1) is 12.7 Å². The molecule has 0 amide bonds. The van der Waals surface area contributed by atoms with Crippen molar-refractivity contribution in [2.45, 2.75) is 132 Å². The minimum atomic E-state index is -0.176. The summed E-state index contributed by atoms with van der Waals surface area (Å²) < 4.78 is 14.5. The predicted molar refractivity (Wildman–Crippen MR) is 169 cm³/mol. The van der Waals surface area contributed by atoms with Crippen molar-refractivity contribution < 1.29 is 23.9 Å². The van der Waals surface area contributed by atoms with Gasteiger partial charge < -0.3 is 14.6 Å². The fourth-order valence-electron chi connectivity index (χ4n) is 12.3. The highest BCUT2D eigenvalue weighted by Gasteiger charge is 2.69. The third-order valence-corrected chi connectivity index (χ3v) is 14.6. The molecule has 1 aromatic rings. The molecule has 4 saturated carbocycles. The molecule has 0 aliphatic heterocycles. The van der Waals surface area contributed by atoms with Gasteiger partial charge in [0.25, 0.3) is 0 Å². The zero-order chi connectivity index (χ0) is 31.0. The van der Waals surface area contributed by atoms with Crippen LogP contribution in [0, 0.1) is 50.7 Å². The lowest BCUT2D eigenvalue weighted by atomic mass is 9.33. The van der Waals surface area contributed by atoms with Crippen molar-refractivity contribution in [1.29, 1.82) is 0 Å². The van der Waals surface area contributed by atoms with Crippen molar-refractivity contribution in [1.82, 2.24) is 0 Å². The fraction of sp³-hybridized carbons (Fsp3) is 0.789. The monoisotopic (exact) mass is 592 g/mol. The number of allylic oxidation sites excluding steroid dienone is 1. The number of aromatic nitrogens is 1.